The highest BCUT2D eigenvalue weighted by Crippen LogP contribution is 2.32. The zero-order valence-electron chi connectivity index (χ0n) is 10.9. The topological polar surface area (TPSA) is 22.1 Å². The number of benzene rings is 1. The highest BCUT2D eigenvalue weighted by molar-refractivity contribution is 9.10. The number of halogens is 2. The van der Waals surface area contributed by atoms with Crippen molar-refractivity contribution in [3.8, 4) is 11.6 Å². The summed E-state index contributed by atoms with van der Waals surface area (Å²) in [5, 5.41) is 0. The molecule has 2 aromatic rings. The lowest BCUT2D eigenvalue weighted by molar-refractivity contribution is 0.454. The van der Waals surface area contributed by atoms with Crippen molar-refractivity contribution in [2.45, 2.75) is 25.6 Å². The average molecular weight is 341 g/mol. The van der Waals surface area contributed by atoms with E-state index in [4.69, 9.17) is 16.3 Å². The minimum absolute atomic E-state index is 0.378. The van der Waals surface area contributed by atoms with Crippen LogP contribution in [0.15, 0.2) is 41.0 Å². The van der Waals surface area contributed by atoms with Crippen LogP contribution in [0.1, 0.15) is 30.9 Å². The molecule has 0 aliphatic heterocycles. The third-order valence-corrected chi connectivity index (χ3v) is 3.56. The first-order chi connectivity index (χ1) is 9.10. The molecule has 0 saturated carbocycles. The number of pyridine rings is 1. The van der Waals surface area contributed by atoms with Gasteiger partial charge in [-0.15, -0.1) is 11.6 Å². The second-order valence-electron chi connectivity index (χ2n) is 4.57. The SMILES string of the molecule is CC(C)c1cc(Br)ccc1Oc1cc(CCl)ccn1. The molecule has 0 atom stereocenters. The normalized spacial score (nSPS) is 10.8. The Hall–Kier alpha value is -1.06. The third-order valence-electron chi connectivity index (χ3n) is 2.76. The van der Waals surface area contributed by atoms with Crippen LogP contribution in [0, 0.1) is 0 Å². The van der Waals surface area contributed by atoms with E-state index >= 15 is 0 Å². The predicted octanol–water partition coefficient (Wildman–Crippen LogP) is 5.50. The van der Waals surface area contributed by atoms with Gasteiger partial charge in [0, 0.05) is 22.6 Å². The summed E-state index contributed by atoms with van der Waals surface area (Å²) in [7, 11) is 0. The zero-order chi connectivity index (χ0) is 13.8. The molecular formula is C15H15BrClNO. The molecule has 0 radical (unpaired) electrons. The van der Waals surface area contributed by atoms with Crippen LogP contribution in [0.4, 0.5) is 0 Å². The number of rotatable bonds is 4. The van der Waals surface area contributed by atoms with E-state index in [0.717, 1.165) is 21.3 Å². The van der Waals surface area contributed by atoms with Crippen LogP contribution in [0.3, 0.4) is 0 Å². The molecule has 1 aromatic heterocycles. The number of aromatic nitrogens is 1. The highest BCUT2D eigenvalue weighted by atomic mass is 79.9. The quantitative estimate of drug-likeness (QED) is 0.686. The van der Waals surface area contributed by atoms with Gasteiger partial charge in [0.05, 0.1) is 0 Å². The zero-order valence-corrected chi connectivity index (χ0v) is 13.2. The van der Waals surface area contributed by atoms with Gasteiger partial charge in [0.1, 0.15) is 5.75 Å². The Morgan fingerprint density at radius 2 is 2.05 bits per heavy atom. The summed E-state index contributed by atoms with van der Waals surface area (Å²) in [6.07, 6.45) is 1.71. The van der Waals surface area contributed by atoms with Crippen LogP contribution in [0.2, 0.25) is 0 Å². The van der Waals surface area contributed by atoms with Gasteiger partial charge in [-0.05, 0) is 41.3 Å². The molecule has 0 aliphatic carbocycles. The second-order valence-corrected chi connectivity index (χ2v) is 5.76. The second kappa shape index (κ2) is 6.40. The molecule has 100 valence electrons. The van der Waals surface area contributed by atoms with Gasteiger partial charge in [-0.25, -0.2) is 4.98 Å². The summed E-state index contributed by atoms with van der Waals surface area (Å²) in [6, 6.07) is 9.73. The molecule has 4 heteroatoms. The van der Waals surface area contributed by atoms with Gasteiger partial charge in [-0.3, -0.25) is 0 Å². The fraction of sp³-hybridized carbons (Fsp3) is 0.267. The Kier molecular flexibility index (Phi) is 4.83. The van der Waals surface area contributed by atoms with Crippen LogP contribution in [-0.2, 0) is 5.88 Å². The fourth-order valence-electron chi connectivity index (χ4n) is 1.77. The fourth-order valence-corrected chi connectivity index (χ4v) is 2.31. The number of hydrogen-bond donors (Lipinski definition) is 0. The smallest absolute Gasteiger partial charge is 0.219 e. The van der Waals surface area contributed by atoms with Gasteiger partial charge < -0.3 is 4.74 Å². The van der Waals surface area contributed by atoms with Crippen LogP contribution in [0.5, 0.6) is 11.6 Å². The number of nitrogens with zero attached hydrogens (tertiary/aromatic N) is 1. The van der Waals surface area contributed by atoms with E-state index in [2.05, 4.69) is 40.8 Å². The molecule has 1 heterocycles. The Labute approximate surface area is 126 Å². The number of hydrogen-bond acceptors (Lipinski definition) is 2. The van der Waals surface area contributed by atoms with Gasteiger partial charge >= 0.3 is 0 Å². The first-order valence-corrected chi connectivity index (χ1v) is 7.41. The molecule has 0 N–H and O–H groups in total. The first-order valence-electron chi connectivity index (χ1n) is 6.08. The van der Waals surface area contributed by atoms with Crippen molar-refractivity contribution >= 4 is 27.5 Å². The molecule has 2 rings (SSSR count). The first kappa shape index (κ1) is 14.4. The van der Waals surface area contributed by atoms with E-state index in [9.17, 15) is 0 Å². The van der Waals surface area contributed by atoms with E-state index in [-0.39, 0.29) is 0 Å². The Balaban J connectivity index is 2.32. The van der Waals surface area contributed by atoms with Crippen LogP contribution in [-0.4, -0.2) is 4.98 Å². The molecule has 2 nitrogen and oxygen atoms in total. The standard InChI is InChI=1S/C15H15BrClNO/c1-10(2)13-8-12(16)3-4-14(13)19-15-7-11(9-17)5-6-18-15/h3-8,10H,9H2,1-2H3. The molecule has 19 heavy (non-hydrogen) atoms. The van der Waals surface area contributed by atoms with Crippen molar-refractivity contribution in [1.29, 1.82) is 0 Å². The molecule has 0 amide bonds. The Bertz CT molecular complexity index is 572. The number of ether oxygens (including phenoxy) is 1. The molecule has 1 aromatic carbocycles. The molecule has 0 spiro atoms. The monoisotopic (exact) mass is 339 g/mol. The summed E-state index contributed by atoms with van der Waals surface area (Å²) in [6.45, 7) is 4.27. The molecule has 0 fully saturated rings. The molecule has 0 aliphatic rings. The van der Waals surface area contributed by atoms with Crippen LogP contribution >= 0.6 is 27.5 Å². The third kappa shape index (κ3) is 3.71. The van der Waals surface area contributed by atoms with Crippen LogP contribution in [0.25, 0.3) is 0 Å². The predicted molar refractivity (Wildman–Crippen MR) is 82.1 cm³/mol. The van der Waals surface area contributed by atoms with Crippen molar-refractivity contribution < 1.29 is 4.74 Å². The van der Waals surface area contributed by atoms with Gasteiger partial charge in [-0.1, -0.05) is 29.8 Å². The number of alkyl halides is 1. The van der Waals surface area contributed by atoms with E-state index in [1.165, 1.54) is 0 Å². The lowest BCUT2D eigenvalue weighted by Crippen LogP contribution is -1.96. The lowest BCUT2D eigenvalue weighted by atomic mass is 10.0. The minimum Gasteiger partial charge on any atom is -0.439 e. The van der Waals surface area contributed by atoms with Gasteiger partial charge in [-0.2, -0.15) is 0 Å². The van der Waals surface area contributed by atoms with Gasteiger partial charge in [0.2, 0.25) is 5.88 Å². The summed E-state index contributed by atoms with van der Waals surface area (Å²) in [4.78, 5) is 4.21. The van der Waals surface area contributed by atoms with E-state index < -0.39 is 0 Å². The summed E-state index contributed by atoms with van der Waals surface area (Å²) >= 11 is 9.30. The summed E-state index contributed by atoms with van der Waals surface area (Å²) in [5.41, 5.74) is 2.14. The lowest BCUT2D eigenvalue weighted by Gasteiger charge is -2.14. The minimum atomic E-state index is 0.378. The largest absolute Gasteiger partial charge is 0.439 e. The van der Waals surface area contributed by atoms with Crippen molar-refractivity contribution in [1.82, 2.24) is 4.98 Å². The van der Waals surface area contributed by atoms with Crippen molar-refractivity contribution in [3.05, 3.63) is 52.1 Å². The Morgan fingerprint density at radius 1 is 1.26 bits per heavy atom. The highest BCUT2D eigenvalue weighted by Gasteiger charge is 2.10. The maximum atomic E-state index is 5.88. The van der Waals surface area contributed by atoms with Gasteiger partial charge in [0.15, 0.2) is 0 Å². The Morgan fingerprint density at radius 3 is 2.74 bits per heavy atom. The summed E-state index contributed by atoms with van der Waals surface area (Å²) < 4.78 is 6.92. The van der Waals surface area contributed by atoms with Crippen LogP contribution < -0.4 is 4.74 Å². The molecule has 0 saturated heterocycles. The maximum absolute atomic E-state index is 5.88. The van der Waals surface area contributed by atoms with E-state index in [1.807, 2.05) is 24.3 Å². The summed E-state index contributed by atoms with van der Waals surface area (Å²) in [5.74, 6) is 2.24. The molecular weight excluding hydrogens is 326 g/mol. The van der Waals surface area contributed by atoms with Crippen molar-refractivity contribution in [3.63, 3.8) is 0 Å². The van der Waals surface area contributed by atoms with E-state index in [0.29, 0.717) is 17.7 Å². The van der Waals surface area contributed by atoms with Crippen molar-refractivity contribution in [2.75, 3.05) is 0 Å². The van der Waals surface area contributed by atoms with E-state index in [1.54, 1.807) is 6.20 Å². The maximum Gasteiger partial charge on any atom is 0.219 e. The van der Waals surface area contributed by atoms with Gasteiger partial charge in [0.25, 0.3) is 0 Å². The molecule has 0 unspecified atom stereocenters. The average Bonchev–Trinajstić information content (AvgIpc) is 2.41. The van der Waals surface area contributed by atoms with Crippen molar-refractivity contribution in [2.24, 2.45) is 0 Å². The molecule has 0 bridgehead atoms.